The summed E-state index contributed by atoms with van der Waals surface area (Å²) >= 11 is 0. The van der Waals surface area contributed by atoms with Crippen molar-refractivity contribution in [3.63, 3.8) is 0 Å². The number of guanidine groups is 1. The minimum atomic E-state index is -0.0662. The first-order valence-electron chi connectivity index (χ1n) is 8.01. The Hall–Kier alpha value is -2.09. The van der Waals surface area contributed by atoms with Crippen LogP contribution >= 0.6 is 24.0 Å². The molecule has 0 spiro atoms. The first-order valence-corrected chi connectivity index (χ1v) is 8.01. The lowest BCUT2D eigenvalue weighted by Crippen LogP contribution is -2.23. The molecule has 0 fully saturated rings. The van der Waals surface area contributed by atoms with E-state index in [-0.39, 0.29) is 29.9 Å². The lowest BCUT2D eigenvalue weighted by molar-refractivity contribution is 0.0956. The Morgan fingerprint density at radius 3 is 2.36 bits per heavy atom. The third-order valence-electron chi connectivity index (χ3n) is 3.76. The molecular weight excluding hydrogens is 427 g/mol. The van der Waals surface area contributed by atoms with Crippen LogP contribution in [0.2, 0.25) is 0 Å². The summed E-state index contributed by atoms with van der Waals surface area (Å²) in [5.74, 6) is 0.300. The number of nitrogens with two attached hydrogens (primary N) is 1. The van der Waals surface area contributed by atoms with Crippen molar-refractivity contribution < 1.29 is 4.79 Å². The van der Waals surface area contributed by atoms with Gasteiger partial charge in [-0.15, -0.1) is 24.0 Å². The molecule has 5 nitrogen and oxygen atoms in total. The van der Waals surface area contributed by atoms with E-state index in [1.807, 2.05) is 37.3 Å². The average Bonchev–Trinajstić information content (AvgIpc) is 2.57. The van der Waals surface area contributed by atoms with E-state index < -0.39 is 0 Å². The Balaban J connectivity index is 0.00000312. The summed E-state index contributed by atoms with van der Waals surface area (Å²) in [6.07, 6.45) is 0. The van der Waals surface area contributed by atoms with Crippen molar-refractivity contribution in [1.82, 2.24) is 5.32 Å². The van der Waals surface area contributed by atoms with E-state index in [2.05, 4.69) is 29.5 Å². The van der Waals surface area contributed by atoms with E-state index in [0.29, 0.717) is 24.6 Å². The number of anilines is 1. The zero-order valence-corrected chi connectivity index (χ0v) is 17.1. The summed E-state index contributed by atoms with van der Waals surface area (Å²) in [6.45, 7) is 7.10. The summed E-state index contributed by atoms with van der Waals surface area (Å²) in [5.41, 5.74) is 10.9. The molecule has 0 unspecified atom stereocenters. The second kappa shape index (κ2) is 10.0. The molecule has 25 heavy (non-hydrogen) atoms. The third kappa shape index (κ3) is 6.38. The summed E-state index contributed by atoms with van der Waals surface area (Å²) in [7, 11) is 0. The normalized spacial score (nSPS) is 10.8. The van der Waals surface area contributed by atoms with Crippen molar-refractivity contribution in [1.29, 1.82) is 0 Å². The van der Waals surface area contributed by atoms with Gasteiger partial charge in [0, 0.05) is 17.8 Å². The van der Waals surface area contributed by atoms with Crippen LogP contribution in [-0.4, -0.2) is 18.4 Å². The number of carbonyl (C=O) groups excluding carboxylic acids is 1. The second-order valence-corrected chi connectivity index (χ2v) is 5.68. The number of aliphatic imine (C=N–C) groups is 1. The summed E-state index contributed by atoms with van der Waals surface area (Å²) in [4.78, 5) is 16.0. The zero-order chi connectivity index (χ0) is 17.5. The van der Waals surface area contributed by atoms with Crippen LogP contribution in [0.5, 0.6) is 0 Å². The number of amides is 1. The molecular formula is C19H25IN4O. The molecule has 2 aromatic carbocycles. The van der Waals surface area contributed by atoms with Crippen LogP contribution in [0.3, 0.4) is 0 Å². The van der Waals surface area contributed by atoms with Crippen molar-refractivity contribution in [3.8, 4) is 0 Å². The predicted molar refractivity (Wildman–Crippen MR) is 115 cm³/mol. The highest BCUT2D eigenvalue weighted by Gasteiger charge is 2.03. The SMILES string of the molecule is CCNC(=O)c1ccc(CN=C(N)Nc2ccc(C)c(C)c2)cc1.I. The summed E-state index contributed by atoms with van der Waals surface area (Å²) in [6, 6.07) is 13.4. The van der Waals surface area contributed by atoms with E-state index in [1.165, 1.54) is 11.1 Å². The fourth-order valence-electron chi connectivity index (χ4n) is 2.21. The molecule has 4 N–H and O–H groups in total. The molecule has 0 aliphatic rings. The van der Waals surface area contributed by atoms with Crippen LogP contribution in [-0.2, 0) is 6.54 Å². The monoisotopic (exact) mass is 452 g/mol. The minimum Gasteiger partial charge on any atom is -0.370 e. The number of carbonyl (C=O) groups is 1. The summed E-state index contributed by atoms with van der Waals surface area (Å²) in [5, 5.41) is 5.86. The topological polar surface area (TPSA) is 79.5 Å². The Labute approximate surface area is 166 Å². The standard InChI is InChI=1S/C19H24N4O.HI/c1-4-21-18(24)16-8-6-15(7-9-16)12-22-19(20)23-17-10-5-13(2)14(3)11-17;/h5-11H,4,12H2,1-3H3,(H,21,24)(H3,20,22,23);1H. The number of nitrogens with zero attached hydrogens (tertiary/aromatic N) is 1. The van der Waals surface area contributed by atoms with Gasteiger partial charge in [-0.05, 0) is 61.7 Å². The molecule has 0 bridgehead atoms. The third-order valence-corrected chi connectivity index (χ3v) is 3.76. The number of nitrogens with one attached hydrogen (secondary N) is 2. The molecule has 0 radical (unpaired) electrons. The van der Waals surface area contributed by atoms with Crippen LogP contribution in [0.25, 0.3) is 0 Å². The fourth-order valence-corrected chi connectivity index (χ4v) is 2.21. The van der Waals surface area contributed by atoms with Gasteiger partial charge in [-0.3, -0.25) is 4.79 Å². The van der Waals surface area contributed by atoms with Crippen LogP contribution in [0.1, 0.15) is 34.0 Å². The number of rotatable bonds is 5. The Kier molecular flexibility index (Phi) is 8.40. The molecule has 0 saturated carbocycles. The minimum absolute atomic E-state index is 0. The van der Waals surface area contributed by atoms with Gasteiger partial charge in [0.2, 0.25) is 0 Å². The maximum absolute atomic E-state index is 11.7. The van der Waals surface area contributed by atoms with Gasteiger partial charge in [0.25, 0.3) is 5.91 Å². The molecule has 0 aliphatic carbocycles. The molecule has 134 valence electrons. The van der Waals surface area contributed by atoms with Gasteiger partial charge in [0.15, 0.2) is 5.96 Å². The molecule has 0 atom stereocenters. The maximum Gasteiger partial charge on any atom is 0.251 e. The van der Waals surface area contributed by atoms with Crippen molar-refractivity contribution in [2.24, 2.45) is 10.7 Å². The molecule has 2 aromatic rings. The molecule has 0 aliphatic heterocycles. The van der Waals surface area contributed by atoms with Crippen LogP contribution < -0.4 is 16.4 Å². The molecule has 2 rings (SSSR count). The van der Waals surface area contributed by atoms with Crippen molar-refractivity contribution in [2.45, 2.75) is 27.3 Å². The van der Waals surface area contributed by atoms with Gasteiger partial charge in [-0.2, -0.15) is 0 Å². The van der Waals surface area contributed by atoms with E-state index >= 15 is 0 Å². The lowest BCUT2D eigenvalue weighted by atomic mass is 10.1. The Bertz CT molecular complexity index is 742. The molecule has 0 aromatic heterocycles. The largest absolute Gasteiger partial charge is 0.370 e. The average molecular weight is 452 g/mol. The van der Waals surface area contributed by atoms with Crippen LogP contribution in [0.4, 0.5) is 5.69 Å². The zero-order valence-electron chi connectivity index (χ0n) is 14.8. The quantitative estimate of drug-likeness (QED) is 0.369. The van der Waals surface area contributed by atoms with Crippen molar-refractivity contribution in [3.05, 3.63) is 64.7 Å². The fraction of sp³-hybridized carbons (Fsp3) is 0.263. The van der Waals surface area contributed by atoms with Crippen molar-refractivity contribution >= 4 is 41.5 Å². The molecule has 1 amide bonds. The molecule has 6 heteroatoms. The van der Waals surface area contributed by atoms with E-state index in [4.69, 9.17) is 5.73 Å². The highest BCUT2D eigenvalue weighted by atomic mass is 127. The van der Waals surface area contributed by atoms with Crippen LogP contribution in [0.15, 0.2) is 47.5 Å². The predicted octanol–water partition coefficient (Wildman–Crippen LogP) is 3.60. The first-order chi connectivity index (χ1) is 11.5. The number of halogens is 1. The van der Waals surface area contributed by atoms with E-state index in [0.717, 1.165) is 11.3 Å². The van der Waals surface area contributed by atoms with Crippen LogP contribution in [0, 0.1) is 13.8 Å². The lowest BCUT2D eigenvalue weighted by Gasteiger charge is -2.08. The molecule has 0 saturated heterocycles. The van der Waals surface area contributed by atoms with E-state index in [1.54, 1.807) is 12.1 Å². The van der Waals surface area contributed by atoms with Gasteiger partial charge >= 0.3 is 0 Å². The smallest absolute Gasteiger partial charge is 0.251 e. The highest BCUT2D eigenvalue weighted by molar-refractivity contribution is 14.0. The first kappa shape index (κ1) is 21.0. The Morgan fingerprint density at radius 2 is 1.76 bits per heavy atom. The molecule has 0 heterocycles. The van der Waals surface area contributed by atoms with Gasteiger partial charge in [-0.25, -0.2) is 4.99 Å². The maximum atomic E-state index is 11.7. The highest BCUT2D eigenvalue weighted by Crippen LogP contribution is 2.14. The van der Waals surface area contributed by atoms with E-state index in [9.17, 15) is 4.79 Å². The van der Waals surface area contributed by atoms with Crippen molar-refractivity contribution in [2.75, 3.05) is 11.9 Å². The van der Waals surface area contributed by atoms with Gasteiger partial charge in [-0.1, -0.05) is 18.2 Å². The number of aryl methyl sites for hydroxylation is 2. The number of hydrogen-bond donors (Lipinski definition) is 3. The van der Waals surface area contributed by atoms with Gasteiger partial charge < -0.3 is 16.4 Å². The Morgan fingerprint density at radius 1 is 1.08 bits per heavy atom. The van der Waals surface area contributed by atoms with Gasteiger partial charge in [0.05, 0.1) is 6.54 Å². The second-order valence-electron chi connectivity index (χ2n) is 5.68. The summed E-state index contributed by atoms with van der Waals surface area (Å²) < 4.78 is 0. The number of hydrogen-bond acceptors (Lipinski definition) is 2. The number of benzene rings is 2. The van der Waals surface area contributed by atoms with Gasteiger partial charge in [0.1, 0.15) is 0 Å².